The first-order chi connectivity index (χ1) is 6.65. The van der Waals surface area contributed by atoms with Crippen molar-refractivity contribution in [2.24, 2.45) is 5.73 Å². The number of aliphatic hydroxyl groups is 2. The van der Waals surface area contributed by atoms with Crippen molar-refractivity contribution in [2.45, 2.75) is 18.6 Å². The molecule has 78 valence electrons. The second kappa shape index (κ2) is 5.41. The van der Waals surface area contributed by atoms with Crippen LogP contribution >= 0.6 is 15.9 Å². The number of nitrogens with two attached hydrogens (primary N) is 1. The SMILES string of the molecule is NCCC(O)C(O)c1ccc(Br)cn1. The maximum atomic E-state index is 9.63. The summed E-state index contributed by atoms with van der Waals surface area (Å²) in [7, 11) is 0. The van der Waals surface area contributed by atoms with Crippen molar-refractivity contribution in [3.63, 3.8) is 0 Å². The fraction of sp³-hybridized carbons (Fsp3) is 0.444. The number of halogens is 1. The molecule has 4 N–H and O–H groups in total. The molecule has 0 bridgehead atoms. The van der Waals surface area contributed by atoms with Gasteiger partial charge in [-0.2, -0.15) is 0 Å². The van der Waals surface area contributed by atoms with Crippen molar-refractivity contribution >= 4 is 15.9 Å². The number of nitrogens with zero attached hydrogens (tertiary/aromatic N) is 1. The maximum absolute atomic E-state index is 9.63. The van der Waals surface area contributed by atoms with E-state index in [1.807, 2.05) is 0 Å². The molecular formula is C9H13BrN2O2. The van der Waals surface area contributed by atoms with Gasteiger partial charge in [0.2, 0.25) is 0 Å². The number of aliphatic hydroxyl groups excluding tert-OH is 2. The van der Waals surface area contributed by atoms with Crippen LogP contribution in [0, 0.1) is 0 Å². The van der Waals surface area contributed by atoms with E-state index in [0.29, 0.717) is 18.7 Å². The zero-order valence-electron chi connectivity index (χ0n) is 7.60. The Hall–Kier alpha value is -0.490. The van der Waals surface area contributed by atoms with E-state index in [4.69, 9.17) is 5.73 Å². The van der Waals surface area contributed by atoms with Crippen molar-refractivity contribution in [2.75, 3.05) is 6.54 Å². The van der Waals surface area contributed by atoms with Gasteiger partial charge in [0.1, 0.15) is 6.10 Å². The van der Waals surface area contributed by atoms with Gasteiger partial charge in [-0.05, 0) is 41.0 Å². The average molecular weight is 261 g/mol. The third-order valence-corrected chi connectivity index (χ3v) is 2.35. The molecule has 0 aliphatic rings. The van der Waals surface area contributed by atoms with Crippen molar-refractivity contribution in [1.82, 2.24) is 4.98 Å². The number of aromatic nitrogens is 1. The minimum Gasteiger partial charge on any atom is -0.390 e. The number of hydrogen-bond acceptors (Lipinski definition) is 4. The minimum absolute atomic E-state index is 0.342. The normalized spacial score (nSPS) is 15.1. The third-order valence-electron chi connectivity index (χ3n) is 1.88. The summed E-state index contributed by atoms with van der Waals surface area (Å²) in [6.07, 6.45) is 0.118. The Bertz CT molecular complexity index is 279. The zero-order valence-corrected chi connectivity index (χ0v) is 9.18. The van der Waals surface area contributed by atoms with E-state index in [1.54, 1.807) is 18.3 Å². The van der Waals surface area contributed by atoms with E-state index in [9.17, 15) is 10.2 Å². The minimum atomic E-state index is -0.966. The van der Waals surface area contributed by atoms with E-state index in [2.05, 4.69) is 20.9 Å². The second-order valence-corrected chi connectivity index (χ2v) is 3.91. The molecule has 1 aromatic heterocycles. The average Bonchev–Trinajstić information content (AvgIpc) is 2.18. The fourth-order valence-electron chi connectivity index (χ4n) is 1.09. The first-order valence-electron chi connectivity index (χ1n) is 4.33. The van der Waals surface area contributed by atoms with Crippen LogP contribution in [-0.2, 0) is 0 Å². The van der Waals surface area contributed by atoms with Crippen molar-refractivity contribution < 1.29 is 10.2 Å². The molecule has 1 aromatic rings. The summed E-state index contributed by atoms with van der Waals surface area (Å²) in [5, 5.41) is 19.1. The van der Waals surface area contributed by atoms with Gasteiger partial charge in [0.25, 0.3) is 0 Å². The third kappa shape index (κ3) is 3.02. The number of rotatable bonds is 4. The maximum Gasteiger partial charge on any atom is 0.122 e. The Kier molecular flexibility index (Phi) is 4.47. The molecule has 0 amide bonds. The van der Waals surface area contributed by atoms with Crippen LogP contribution in [-0.4, -0.2) is 27.8 Å². The highest BCUT2D eigenvalue weighted by Gasteiger charge is 2.18. The molecule has 4 nitrogen and oxygen atoms in total. The van der Waals surface area contributed by atoms with E-state index in [0.717, 1.165) is 4.47 Å². The first-order valence-corrected chi connectivity index (χ1v) is 5.12. The first kappa shape index (κ1) is 11.6. The summed E-state index contributed by atoms with van der Waals surface area (Å²) in [5.41, 5.74) is 5.72. The number of hydrogen-bond donors (Lipinski definition) is 3. The van der Waals surface area contributed by atoms with Crippen LogP contribution in [0.2, 0.25) is 0 Å². The highest BCUT2D eigenvalue weighted by molar-refractivity contribution is 9.10. The lowest BCUT2D eigenvalue weighted by Crippen LogP contribution is -2.22. The fourth-order valence-corrected chi connectivity index (χ4v) is 1.32. The molecule has 1 rings (SSSR count). The molecule has 1 heterocycles. The molecule has 5 heteroatoms. The lowest BCUT2D eigenvalue weighted by atomic mass is 10.1. The van der Waals surface area contributed by atoms with Crippen molar-refractivity contribution in [3.8, 4) is 0 Å². The summed E-state index contributed by atoms with van der Waals surface area (Å²) in [4.78, 5) is 3.98. The molecule has 0 saturated heterocycles. The Balaban J connectivity index is 2.68. The molecular weight excluding hydrogens is 248 g/mol. The molecule has 2 unspecified atom stereocenters. The standard InChI is InChI=1S/C9H13BrN2O2/c10-6-1-2-7(12-5-6)9(14)8(13)3-4-11/h1-2,5,8-9,13-14H,3-4,11H2. The van der Waals surface area contributed by atoms with E-state index in [1.165, 1.54) is 0 Å². The lowest BCUT2D eigenvalue weighted by molar-refractivity contribution is 0.0125. The summed E-state index contributed by atoms with van der Waals surface area (Å²) in [6.45, 7) is 0.342. The molecule has 0 aliphatic heterocycles. The van der Waals surface area contributed by atoms with Gasteiger partial charge in [-0.1, -0.05) is 0 Å². The van der Waals surface area contributed by atoms with Gasteiger partial charge in [0.05, 0.1) is 11.8 Å². The Morgan fingerprint density at radius 2 is 2.14 bits per heavy atom. The van der Waals surface area contributed by atoms with E-state index < -0.39 is 12.2 Å². The summed E-state index contributed by atoms with van der Waals surface area (Å²) < 4.78 is 0.835. The molecule has 0 fully saturated rings. The van der Waals surface area contributed by atoms with Gasteiger partial charge < -0.3 is 15.9 Å². The van der Waals surface area contributed by atoms with Crippen molar-refractivity contribution in [1.29, 1.82) is 0 Å². The number of pyridine rings is 1. The highest BCUT2D eigenvalue weighted by atomic mass is 79.9. The van der Waals surface area contributed by atoms with Crippen LogP contribution in [0.25, 0.3) is 0 Å². The molecule has 2 atom stereocenters. The van der Waals surface area contributed by atoms with Crippen LogP contribution in [0.4, 0.5) is 0 Å². The van der Waals surface area contributed by atoms with Gasteiger partial charge in [0.15, 0.2) is 0 Å². The predicted octanol–water partition coefficient (Wildman–Crippen LogP) is 0.587. The van der Waals surface area contributed by atoms with Crippen LogP contribution in [0.5, 0.6) is 0 Å². The van der Waals surface area contributed by atoms with Crippen LogP contribution in [0.15, 0.2) is 22.8 Å². The van der Waals surface area contributed by atoms with Crippen molar-refractivity contribution in [3.05, 3.63) is 28.5 Å². The van der Waals surface area contributed by atoms with E-state index in [-0.39, 0.29) is 0 Å². The van der Waals surface area contributed by atoms with E-state index >= 15 is 0 Å². The van der Waals surface area contributed by atoms with Gasteiger partial charge in [0, 0.05) is 10.7 Å². The quantitative estimate of drug-likeness (QED) is 0.741. The Morgan fingerprint density at radius 1 is 1.43 bits per heavy atom. The Morgan fingerprint density at radius 3 is 2.64 bits per heavy atom. The van der Waals surface area contributed by atoms with Crippen LogP contribution < -0.4 is 5.73 Å². The molecule has 0 spiro atoms. The van der Waals surface area contributed by atoms with Crippen LogP contribution in [0.3, 0.4) is 0 Å². The molecule has 0 aliphatic carbocycles. The summed E-state index contributed by atoms with van der Waals surface area (Å²) in [6, 6.07) is 3.43. The molecule has 0 aromatic carbocycles. The zero-order chi connectivity index (χ0) is 10.6. The van der Waals surface area contributed by atoms with Gasteiger partial charge in [-0.3, -0.25) is 4.98 Å². The van der Waals surface area contributed by atoms with Gasteiger partial charge in [-0.25, -0.2) is 0 Å². The lowest BCUT2D eigenvalue weighted by Gasteiger charge is -2.16. The summed E-state index contributed by atoms with van der Waals surface area (Å²) in [5.74, 6) is 0. The summed E-state index contributed by atoms with van der Waals surface area (Å²) >= 11 is 3.24. The Labute approximate surface area is 90.9 Å². The topological polar surface area (TPSA) is 79.4 Å². The van der Waals surface area contributed by atoms with Gasteiger partial charge >= 0.3 is 0 Å². The van der Waals surface area contributed by atoms with Crippen LogP contribution in [0.1, 0.15) is 18.2 Å². The highest BCUT2D eigenvalue weighted by Crippen LogP contribution is 2.18. The largest absolute Gasteiger partial charge is 0.390 e. The smallest absolute Gasteiger partial charge is 0.122 e. The van der Waals surface area contributed by atoms with Gasteiger partial charge in [-0.15, -0.1) is 0 Å². The second-order valence-electron chi connectivity index (χ2n) is 2.99. The molecule has 14 heavy (non-hydrogen) atoms. The molecule has 0 saturated carbocycles. The monoisotopic (exact) mass is 260 g/mol. The molecule has 0 radical (unpaired) electrons. The predicted molar refractivity (Wildman–Crippen MR) is 56.6 cm³/mol.